The van der Waals surface area contributed by atoms with Crippen LogP contribution in [0.5, 0.6) is 0 Å². The van der Waals surface area contributed by atoms with Crippen molar-refractivity contribution in [1.82, 2.24) is 15.1 Å². The highest BCUT2D eigenvalue weighted by atomic mass is 16.2. The third kappa shape index (κ3) is 5.24. The maximum Gasteiger partial charge on any atom is 0.225 e. The van der Waals surface area contributed by atoms with Crippen LogP contribution < -0.4 is 5.32 Å². The molecule has 128 valence electrons. The second-order valence-electron chi connectivity index (χ2n) is 7.46. The van der Waals surface area contributed by atoms with Crippen molar-refractivity contribution in [3.8, 4) is 0 Å². The summed E-state index contributed by atoms with van der Waals surface area (Å²) in [6, 6.07) is 0.493. The van der Waals surface area contributed by atoms with Crippen molar-refractivity contribution in [2.45, 2.75) is 58.4 Å². The van der Waals surface area contributed by atoms with E-state index in [0.717, 1.165) is 38.4 Å². The van der Waals surface area contributed by atoms with E-state index in [1.54, 1.807) is 0 Å². The number of likely N-dealkylation sites (tertiary alicyclic amines) is 1. The van der Waals surface area contributed by atoms with Crippen LogP contribution >= 0.6 is 0 Å². The Bertz CT molecular complexity index is 339. The van der Waals surface area contributed by atoms with Crippen LogP contribution in [-0.4, -0.2) is 61.5 Å². The highest BCUT2D eigenvalue weighted by Crippen LogP contribution is 2.24. The molecular weight excluding hydrogens is 274 g/mol. The topological polar surface area (TPSA) is 35.6 Å². The number of nitrogens with one attached hydrogen (secondary N) is 1. The molecule has 0 aromatic heterocycles. The van der Waals surface area contributed by atoms with Crippen LogP contribution in [0.25, 0.3) is 0 Å². The van der Waals surface area contributed by atoms with E-state index in [1.165, 1.54) is 38.8 Å². The fourth-order valence-electron chi connectivity index (χ4n) is 3.91. The van der Waals surface area contributed by atoms with Gasteiger partial charge in [-0.1, -0.05) is 13.3 Å². The van der Waals surface area contributed by atoms with E-state index in [0.29, 0.717) is 11.9 Å². The van der Waals surface area contributed by atoms with E-state index in [2.05, 4.69) is 36.0 Å². The fraction of sp³-hybridized carbons (Fsp3) is 0.944. The average Bonchev–Trinajstić information content (AvgIpc) is 2.53. The minimum absolute atomic E-state index is 0.264. The molecule has 2 aliphatic rings. The van der Waals surface area contributed by atoms with Gasteiger partial charge >= 0.3 is 0 Å². The molecular formula is C18H35N3O. The number of amides is 1. The molecule has 0 aromatic carbocycles. The molecule has 4 nitrogen and oxygen atoms in total. The van der Waals surface area contributed by atoms with Gasteiger partial charge in [-0.2, -0.15) is 0 Å². The van der Waals surface area contributed by atoms with Gasteiger partial charge in [-0.05, 0) is 65.1 Å². The number of hydrogen-bond donors (Lipinski definition) is 1. The lowest BCUT2D eigenvalue weighted by molar-refractivity contribution is -0.138. The zero-order valence-electron chi connectivity index (χ0n) is 14.8. The largest absolute Gasteiger partial charge is 0.342 e. The van der Waals surface area contributed by atoms with E-state index in [4.69, 9.17) is 0 Å². The summed E-state index contributed by atoms with van der Waals surface area (Å²) >= 11 is 0. The summed E-state index contributed by atoms with van der Waals surface area (Å²) in [5, 5.41) is 3.44. The van der Waals surface area contributed by atoms with E-state index in [1.807, 2.05) is 0 Å². The summed E-state index contributed by atoms with van der Waals surface area (Å²) in [4.78, 5) is 17.3. The summed E-state index contributed by atoms with van der Waals surface area (Å²) < 4.78 is 0. The van der Waals surface area contributed by atoms with Crippen LogP contribution in [0.15, 0.2) is 0 Å². The van der Waals surface area contributed by atoms with E-state index in [-0.39, 0.29) is 5.92 Å². The number of nitrogens with zero attached hydrogens (tertiary/aromatic N) is 2. The number of carbonyl (C=O) groups is 1. The van der Waals surface area contributed by atoms with Crippen molar-refractivity contribution in [2.75, 3.05) is 39.8 Å². The highest BCUT2D eigenvalue weighted by Gasteiger charge is 2.30. The van der Waals surface area contributed by atoms with Gasteiger partial charge in [-0.3, -0.25) is 4.79 Å². The predicted octanol–water partition coefficient (Wildman–Crippen LogP) is 2.34. The normalized spacial score (nSPS) is 27.4. The van der Waals surface area contributed by atoms with Crippen LogP contribution in [0.3, 0.4) is 0 Å². The molecule has 0 aromatic rings. The molecule has 2 rings (SSSR count). The Labute approximate surface area is 136 Å². The van der Waals surface area contributed by atoms with Crippen molar-refractivity contribution >= 4 is 5.91 Å². The quantitative estimate of drug-likeness (QED) is 0.818. The first-order chi connectivity index (χ1) is 10.6. The van der Waals surface area contributed by atoms with E-state index >= 15 is 0 Å². The molecule has 0 aliphatic carbocycles. The second-order valence-corrected chi connectivity index (χ2v) is 7.46. The lowest BCUT2D eigenvalue weighted by Crippen LogP contribution is -2.47. The third-order valence-corrected chi connectivity index (χ3v) is 5.36. The van der Waals surface area contributed by atoms with Gasteiger partial charge in [0.2, 0.25) is 5.91 Å². The molecule has 2 fully saturated rings. The lowest BCUT2D eigenvalue weighted by atomic mass is 9.90. The predicted molar refractivity (Wildman–Crippen MR) is 91.9 cm³/mol. The van der Waals surface area contributed by atoms with E-state index in [9.17, 15) is 4.79 Å². The molecule has 2 saturated heterocycles. The van der Waals surface area contributed by atoms with Crippen molar-refractivity contribution in [3.63, 3.8) is 0 Å². The number of piperidine rings is 2. The molecule has 0 saturated carbocycles. The minimum atomic E-state index is 0.264. The first-order valence-electron chi connectivity index (χ1n) is 9.30. The zero-order valence-corrected chi connectivity index (χ0v) is 14.8. The Morgan fingerprint density at radius 1 is 1.27 bits per heavy atom. The smallest absolute Gasteiger partial charge is 0.225 e. The van der Waals surface area contributed by atoms with E-state index < -0.39 is 0 Å². The van der Waals surface area contributed by atoms with Gasteiger partial charge in [-0.15, -0.1) is 0 Å². The fourth-order valence-corrected chi connectivity index (χ4v) is 3.91. The van der Waals surface area contributed by atoms with Gasteiger partial charge in [0.1, 0.15) is 0 Å². The maximum atomic E-state index is 12.7. The maximum absolute atomic E-state index is 12.7. The minimum Gasteiger partial charge on any atom is -0.342 e. The standard InChI is InChI=1S/C18H35N3O/c1-4-5-10-20(3)14-16-7-11-21(12-8-16)18(22)17-6-9-19-15(2)13-17/h15-17,19H,4-14H2,1-3H3/t15-,17-/m0/s1. The summed E-state index contributed by atoms with van der Waals surface area (Å²) in [5.41, 5.74) is 0. The Morgan fingerprint density at radius 3 is 2.64 bits per heavy atom. The van der Waals surface area contributed by atoms with Gasteiger partial charge in [0.05, 0.1) is 0 Å². The molecule has 2 aliphatic heterocycles. The van der Waals surface area contributed by atoms with Crippen molar-refractivity contribution in [2.24, 2.45) is 11.8 Å². The Hall–Kier alpha value is -0.610. The monoisotopic (exact) mass is 309 g/mol. The van der Waals surface area contributed by atoms with Gasteiger partial charge in [0.15, 0.2) is 0 Å². The van der Waals surface area contributed by atoms with Crippen LogP contribution in [0.1, 0.15) is 52.4 Å². The Morgan fingerprint density at radius 2 is 2.00 bits per heavy atom. The number of unbranched alkanes of at least 4 members (excludes halogenated alkanes) is 1. The van der Waals surface area contributed by atoms with Crippen molar-refractivity contribution < 1.29 is 4.79 Å². The molecule has 0 bridgehead atoms. The molecule has 2 atom stereocenters. The van der Waals surface area contributed by atoms with Gasteiger partial charge < -0.3 is 15.1 Å². The third-order valence-electron chi connectivity index (χ3n) is 5.36. The molecule has 0 spiro atoms. The van der Waals surface area contributed by atoms with Crippen molar-refractivity contribution in [3.05, 3.63) is 0 Å². The first-order valence-corrected chi connectivity index (χ1v) is 9.30. The van der Waals surface area contributed by atoms with Gasteiger partial charge in [-0.25, -0.2) is 0 Å². The molecule has 1 amide bonds. The average molecular weight is 309 g/mol. The second kappa shape index (κ2) is 8.88. The van der Waals surface area contributed by atoms with Crippen LogP contribution in [0.4, 0.5) is 0 Å². The summed E-state index contributed by atoms with van der Waals surface area (Å²) in [6.07, 6.45) is 6.96. The molecule has 2 heterocycles. The first kappa shape index (κ1) is 17.7. The summed E-state index contributed by atoms with van der Waals surface area (Å²) in [6.45, 7) is 9.80. The Kier molecular flexibility index (Phi) is 7.16. The highest BCUT2D eigenvalue weighted by molar-refractivity contribution is 5.79. The lowest BCUT2D eigenvalue weighted by Gasteiger charge is -2.37. The van der Waals surface area contributed by atoms with Crippen LogP contribution in [0, 0.1) is 11.8 Å². The number of rotatable bonds is 6. The summed E-state index contributed by atoms with van der Waals surface area (Å²) in [7, 11) is 2.24. The van der Waals surface area contributed by atoms with Crippen LogP contribution in [-0.2, 0) is 4.79 Å². The molecule has 0 unspecified atom stereocenters. The molecule has 1 N–H and O–H groups in total. The van der Waals surface area contributed by atoms with Crippen molar-refractivity contribution in [1.29, 1.82) is 0 Å². The SMILES string of the molecule is CCCCN(C)CC1CCN(C(=O)[C@H]2CCN[C@@H](C)C2)CC1. The summed E-state index contributed by atoms with van der Waals surface area (Å²) in [5.74, 6) is 1.46. The molecule has 22 heavy (non-hydrogen) atoms. The van der Waals surface area contributed by atoms with Gasteiger partial charge in [0.25, 0.3) is 0 Å². The molecule has 4 heteroatoms. The molecule has 0 radical (unpaired) electrons. The number of hydrogen-bond acceptors (Lipinski definition) is 3. The van der Waals surface area contributed by atoms with Gasteiger partial charge in [0, 0.05) is 31.6 Å². The zero-order chi connectivity index (χ0) is 15.9. The Balaban J connectivity index is 1.71. The number of carbonyl (C=O) groups excluding carboxylic acids is 1. The van der Waals surface area contributed by atoms with Crippen LogP contribution in [0.2, 0.25) is 0 Å².